The van der Waals surface area contributed by atoms with E-state index >= 15 is 0 Å². The molecular formula is C21H30N2S2. The molecule has 2 nitrogen and oxygen atoms in total. The first kappa shape index (κ1) is 19.0. The summed E-state index contributed by atoms with van der Waals surface area (Å²) >= 11 is 3.63. The Labute approximate surface area is 161 Å². The molecule has 0 aliphatic heterocycles. The van der Waals surface area contributed by atoms with Crippen LogP contribution >= 0.6 is 23.5 Å². The summed E-state index contributed by atoms with van der Waals surface area (Å²) in [5.41, 5.74) is 6.40. The topological polar surface area (TPSA) is 24.7 Å². The lowest BCUT2D eigenvalue weighted by Crippen LogP contribution is -2.05. The Morgan fingerprint density at radius 3 is 1.44 bits per heavy atom. The van der Waals surface area contributed by atoms with Crippen molar-refractivity contribution in [2.24, 2.45) is 9.98 Å². The van der Waals surface area contributed by atoms with Crippen LogP contribution < -0.4 is 0 Å². The highest BCUT2D eigenvalue weighted by Gasteiger charge is 2.17. The Bertz CT molecular complexity index is 607. The fraction of sp³-hybridized carbons (Fsp3) is 0.619. The lowest BCUT2D eigenvalue weighted by molar-refractivity contribution is 0.666. The van der Waals surface area contributed by atoms with Crippen LogP contribution in [-0.2, 0) is 0 Å². The van der Waals surface area contributed by atoms with Crippen LogP contribution in [0, 0.1) is 6.92 Å². The predicted octanol–water partition coefficient (Wildman–Crippen LogP) is 7.51. The van der Waals surface area contributed by atoms with Gasteiger partial charge in [-0.05, 0) is 76.9 Å². The molecule has 0 saturated heterocycles. The Hall–Kier alpha value is -0.740. The largest absolute Gasteiger partial charge is 0.256 e. The van der Waals surface area contributed by atoms with Crippen molar-refractivity contribution in [3.63, 3.8) is 0 Å². The maximum Gasteiger partial charge on any atom is 0.0816 e. The minimum atomic E-state index is 1.17. The second kappa shape index (κ2) is 9.27. The third-order valence-electron chi connectivity index (χ3n) is 5.28. The molecule has 0 aromatic heterocycles. The van der Waals surface area contributed by atoms with E-state index in [1.54, 1.807) is 0 Å². The van der Waals surface area contributed by atoms with Crippen molar-refractivity contribution in [1.29, 1.82) is 0 Å². The van der Waals surface area contributed by atoms with E-state index in [-0.39, 0.29) is 0 Å². The highest BCUT2D eigenvalue weighted by molar-refractivity contribution is 7.99. The Kier molecular flexibility index (Phi) is 7.06. The lowest BCUT2D eigenvalue weighted by Gasteiger charge is -2.19. The van der Waals surface area contributed by atoms with E-state index < -0.39 is 0 Å². The number of benzene rings is 1. The van der Waals surface area contributed by atoms with Crippen molar-refractivity contribution in [2.45, 2.75) is 80.9 Å². The van der Waals surface area contributed by atoms with Crippen LogP contribution in [0.2, 0.25) is 0 Å². The molecule has 136 valence electrons. The van der Waals surface area contributed by atoms with E-state index in [4.69, 9.17) is 9.98 Å². The van der Waals surface area contributed by atoms with Gasteiger partial charge < -0.3 is 0 Å². The zero-order valence-corrected chi connectivity index (χ0v) is 17.5. The van der Waals surface area contributed by atoms with Crippen molar-refractivity contribution in [3.05, 3.63) is 11.6 Å². The predicted molar refractivity (Wildman–Crippen MR) is 115 cm³/mol. The SMILES string of the molecule is CSc1cc(SC)c(N=C2CCCCC2)c(C)c1N=C1CCCCC1. The molecule has 0 spiro atoms. The van der Waals surface area contributed by atoms with Crippen LogP contribution in [0.3, 0.4) is 0 Å². The Morgan fingerprint density at radius 2 is 1.08 bits per heavy atom. The molecule has 0 radical (unpaired) electrons. The molecule has 0 N–H and O–H groups in total. The molecule has 1 aromatic carbocycles. The van der Waals surface area contributed by atoms with Crippen LogP contribution in [0.4, 0.5) is 11.4 Å². The third kappa shape index (κ3) is 4.71. The summed E-state index contributed by atoms with van der Waals surface area (Å²) in [6.07, 6.45) is 16.9. The summed E-state index contributed by atoms with van der Waals surface area (Å²) < 4.78 is 0. The van der Waals surface area contributed by atoms with Crippen LogP contribution in [0.5, 0.6) is 0 Å². The first-order valence-corrected chi connectivity index (χ1v) is 12.1. The van der Waals surface area contributed by atoms with E-state index in [0.29, 0.717) is 0 Å². The van der Waals surface area contributed by atoms with Crippen LogP contribution in [0.15, 0.2) is 25.8 Å². The Balaban J connectivity index is 2.05. The Morgan fingerprint density at radius 1 is 0.680 bits per heavy atom. The van der Waals surface area contributed by atoms with Gasteiger partial charge >= 0.3 is 0 Å². The molecule has 1 aromatic rings. The molecule has 0 unspecified atom stereocenters. The molecule has 3 rings (SSSR count). The maximum atomic E-state index is 5.13. The quantitative estimate of drug-likeness (QED) is 0.509. The van der Waals surface area contributed by atoms with Crippen LogP contribution in [-0.4, -0.2) is 23.9 Å². The summed E-state index contributed by atoms with van der Waals surface area (Å²) in [5.74, 6) is 0. The monoisotopic (exact) mass is 374 g/mol. The minimum Gasteiger partial charge on any atom is -0.256 e. The standard InChI is InChI=1S/C21H30N2S2/c1-15-20(22-16-10-6-4-7-11-16)18(24-2)14-19(25-3)21(15)23-17-12-8-5-9-13-17/h14H,4-13H2,1-3H3. The van der Waals surface area contributed by atoms with Gasteiger partial charge in [-0.1, -0.05) is 12.8 Å². The molecule has 2 saturated carbocycles. The number of hydrogen-bond donors (Lipinski definition) is 0. The number of hydrogen-bond acceptors (Lipinski definition) is 4. The van der Waals surface area contributed by atoms with Gasteiger partial charge in [-0.15, -0.1) is 23.5 Å². The molecule has 0 bridgehead atoms. The molecule has 0 heterocycles. The van der Waals surface area contributed by atoms with Gasteiger partial charge in [0.25, 0.3) is 0 Å². The second-order valence-electron chi connectivity index (χ2n) is 7.08. The molecule has 2 aliphatic rings. The minimum absolute atomic E-state index is 1.17. The van der Waals surface area contributed by atoms with Gasteiger partial charge in [0.15, 0.2) is 0 Å². The van der Waals surface area contributed by atoms with E-state index in [1.165, 1.54) is 102 Å². The summed E-state index contributed by atoms with van der Waals surface area (Å²) in [6, 6.07) is 2.31. The van der Waals surface area contributed by atoms with Gasteiger partial charge in [0.05, 0.1) is 11.4 Å². The fourth-order valence-corrected chi connectivity index (χ4v) is 5.12. The van der Waals surface area contributed by atoms with Gasteiger partial charge in [-0.3, -0.25) is 9.98 Å². The molecule has 4 heteroatoms. The molecular weight excluding hydrogens is 344 g/mol. The number of aliphatic imine (C=N–C) groups is 2. The molecule has 25 heavy (non-hydrogen) atoms. The van der Waals surface area contributed by atoms with Crippen molar-refractivity contribution in [1.82, 2.24) is 0 Å². The fourth-order valence-electron chi connectivity index (χ4n) is 3.79. The highest BCUT2D eigenvalue weighted by atomic mass is 32.2. The lowest BCUT2D eigenvalue weighted by atomic mass is 9.98. The van der Waals surface area contributed by atoms with Crippen LogP contribution in [0.1, 0.15) is 69.8 Å². The molecule has 2 fully saturated rings. The molecule has 2 aliphatic carbocycles. The zero-order valence-electron chi connectivity index (χ0n) is 15.9. The molecule has 0 amide bonds. The van der Waals surface area contributed by atoms with E-state index in [9.17, 15) is 0 Å². The van der Waals surface area contributed by atoms with Gasteiger partial charge in [-0.25, -0.2) is 0 Å². The number of nitrogens with zero attached hydrogens (tertiary/aromatic N) is 2. The summed E-state index contributed by atoms with van der Waals surface area (Å²) in [6.45, 7) is 2.23. The summed E-state index contributed by atoms with van der Waals surface area (Å²) in [5, 5.41) is 0. The van der Waals surface area contributed by atoms with Gasteiger partial charge in [0.1, 0.15) is 0 Å². The van der Waals surface area contributed by atoms with Crippen molar-refractivity contribution < 1.29 is 0 Å². The first-order chi connectivity index (χ1) is 12.2. The number of thioether (sulfide) groups is 2. The summed E-state index contributed by atoms with van der Waals surface area (Å²) in [4.78, 5) is 12.9. The third-order valence-corrected chi connectivity index (χ3v) is 6.78. The average Bonchev–Trinajstić information content (AvgIpc) is 2.67. The summed E-state index contributed by atoms with van der Waals surface area (Å²) in [7, 11) is 0. The van der Waals surface area contributed by atoms with Crippen molar-refractivity contribution in [2.75, 3.05) is 12.5 Å². The second-order valence-corrected chi connectivity index (χ2v) is 8.78. The number of rotatable bonds is 4. The van der Waals surface area contributed by atoms with E-state index in [0.717, 1.165) is 0 Å². The van der Waals surface area contributed by atoms with Gasteiger partial charge in [0, 0.05) is 26.8 Å². The van der Waals surface area contributed by atoms with Crippen LogP contribution in [0.25, 0.3) is 0 Å². The van der Waals surface area contributed by atoms with E-state index in [2.05, 4.69) is 25.5 Å². The smallest absolute Gasteiger partial charge is 0.0816 e. The highest BCUT2D eigenvalue weighted by Crippen LogP contribution is 2.44. The first-order valence-electron chi connectivity index (χ1n) is 9.61. The maximum absolute atomic E-state index is 5.13. The molecule has 0 atom stereocenters. The van der Waals surface area contributed by atoms with Crippen molar-refractivity contribution >= 4 is 46.3 Å². The van der Waals surface area contributed by atoms with Gasteiger partial charge in [0.2, 0.25) is 0 Å². The normalized spacial score (nSPS) is 18.4. The zero-order chi connectivity index (χ0) is 17.6. The van der Waals surface area contributed by atoms with Crippen molar-refractivity contribution in [3.8, 4) is 0 Å². The van der Waals surface area contributed by atoms with Gasteiger partial charge in [-0.2, -0.15) is 0 Å². The average molecular weight is 375 g/mol. The van der Waals surface area contributed by atoms with E-state index in [1.807, 2.05) is 23.5 Å².